The summed E-state index contributed by atoms with van der Waals surface area (Å²) in [5.74, 6) is -2.01. The smallest absolute Gasteiger partial charge is 0.358 e. The predicted molar refractivity (Wildman–Crippen MR) is 260 cm³/mol. The highest BCUT2D eigenvalue weighted by Gasteiger charge is 2.28. The van der Waals surface area contributed by atoms with Crippen LogP contribution in [0.3, 0.4) is 0 Å². The van der Waals surface area contributed by atoms with E-state index in [9.17, 15) is 19.2 Å². The van der Waals surface area contributed by atoms with E-state index in [1.165, 1.54) is 49.5 Å². The van der Waals surface area contributed by atoms with E-state index in [2.05, 4.69) is 109 Å². The van der Waals surface area contributed by atoms with Crippen LogP contribution in [0.1, 0.15) is 115 Å². The van der Waals surface area contributed by atoms with Crippen LogP contribution in [0.5, 0.6) is 0 Å². The highest BCUT2D eigenvalue weighted by Crippen LogP contribution is 2.37. The molecule has 0 aliphatic carbocycles. The summed E-state index contributed by atoms with van der Waals surface area (Å²) < 4.78 is 22.9. The number of carboxylic acids is 1. The monoisotopic (exact) mass is 964 g/mol. The molecule has 0 saturated heterocycles. The second kappa shape index (κ2) is 22.1. The molecule has 2 atom stereocenters. The Morgan fingerprint density at radius 2 is 1.20 bits per heavy atom. The molecule has 2 N–H and O–H groups in total. The van der Waals surface area contributed by atoms with Crippen LogP contribution in [-0.4, -0.2) is 101 Å². The van der Waals surface area contributed by atoms with Crippen LogP contribution >= 0.6 is 0 Å². The Kier molecular flexibility index (Phi) is 15.4. The van der Waals surface area contributed by atoms with Crippen molar-refractivity contribution in [2.45, 2.75) is 91.4 Å². The van der Waals surface area contributed by atoms with Crippen molar-refractivity contribution in [1.29, 1.82) is 0 Å². The number of esters is 2. The molecular formula is C52H56N10O9. The second-order valence-electron chi connectivity index (χ2n) is 17.3. The highest BCUT2D eigenvalue weighted by molar-refractivity contribution is 5.92. The molecule has 2 unspecified atom stereocenters. The largest absolute Gasteiger partial charge is 0.476 e. The number of aryl methyl sites for hydroxylation is 4. The lowest BCUT2D eigenvalue weighted by Gasteiger charge is -2.29. The van der Waals surface area contributed by atoms with Gasteiger partial charge in [-0.2, -0.15) is 0 Å². The third-order valence-corrected chi connectivity index (χ3v) is 13.3. The molecule has 71 heavy (non-hydrogen) atoms. The normalized spacial score (nSPS) is 13.7. The molecule has 2 aliphatic heterocycles. The van der Waals surface area contributed by atoms with Gasteiger partial charge < -0.3 is 33.8 Å². The number of methoxy groups -OCH3 is 2. The second-order valence-corrected chi connectivity index (χ2v) is 17.3. The molecule has 368 valence electrons. The van der Waals surface area contributed by atoms with Gasteiger partial charge in [-0.3, -0.25) is 14.4 Å². The first-order chi connectivity index (χ1) is 34.4. The van der Waals surface area contributed by atoms with Crippen LogP contribution in [0.4, 0.5) is 0 Å². The highest BCUT2D eigenvalue weighted by atomic mass is 16.5. The average Bonchev–Trinajstić information content (AvgIpc) is 4.26. The van der Waals surface area contributed by atoms with E-state index >= 15 is 0 Å². The van der Waals surface area contributed by atoms with Crippen LogP contribution in [0.15, 0.2) is 94.4 Å². The molecule has 10 rings (SSSR count). The predicted octanol–water partition coefficient (Wildman–Crippen LogP) is 7.11. The average molecular weight is 965 g/mol. The lowest BCUT2D eigenvalue weighted by atomic mass is 9.83. The number of nitrogens with one attached hydrogen (secondary N) is 1. The van der Waals surface area contributed by atoms with Gasteiger partial charge in [0, 0.05) is 56.7 Å². The van der Waals surface area contributed by atoms with Gasteiger partial charge in [0.1, 0.15) is 23.6 Å². The van der Waals surface area contributed by atoms with Gasteiger partial charge in [0.05, 0.1) is 38.1 Å². The summed E-state index contributed by atoms with van der Waals surface area (Å²) in [7, 11) is 2.85. The fraction of sp³-hybridized carbons (Fsp3) is 0.346. The van der Waals surface area contributed by atoms with Crippen molar-refractivity contribution in [3.05, 3.63) is 152 Å². The van der Waals surface area contributed by atoms with Gasteiger partial charge in [-0.25, -0.2) is 14.2 Å². The molecule has 4 aromatic carbocycles. The number of aromatic nitrogens is 8. The van der Waals surface area contributed by atoms with E-state index in [0.29, 0.717) is 25.2 Å². The van der Waals surface area contributed by atoms with Crippen molar-refractivity contribution < 1.29 is 42.8 Å². The van der Waals surface area contributed by atoms with E-state index in [0.717, 1.165) is 100 Å². The summed E-state index contributed by atoms with van der Waals surface area (Å²) in [6.07, 6.45) is 4.92. The van der Waals surface area contributed by atoms with E-state index < -0.39 is 5.97 Å². The van der Waals surface area contributed by atoms with Crippen molar-refractivity contribution >= 4 is 45.9 Å². The number of carbonyl (C=O) groups excluding carboxylic acids is 3. The number of ether oxygens (including phenoxy) is 2. The van der Waals surface area contributed by atoms with Gasteiger partial charge in [0.15, 0.2) is 11.4 Å². The lowest BCUT2D eigenvalue weighted by Crippen LogP contribution is -2.36. The van der Waals surface area contributed by atoms with Crippen LogP contribution in [0.2, 0.25) is 0 Å². The molecule has 0 saturated carbocycles. The van der Waals surface area contributed by atoms with Crippen molar-refractivity contribution in [2.24, 2.45) is 0 Å². The summed E-state index contributed by atoms with van der Waals surface area (Å²) in [5.41, 5.74) is 15.2. The van der Waals surface area contributed by atoms with E-state index in [-0.39, 0.29) is 41.8 Å². The molecule has 19 heteroatoms. The molecule has 0 spiro atoms. The van der Waals surface area contributed by atoms with Crippen molar-refractivity contribution in [3.8, 4) is 0 Å². The first-order valence-electron chi connectivity index (χ1n) is 23.5. The zero-order chi connectivity index (χ0) is 50.2. The molecule has 19 nitrogen and oxygen atoms in total. The number of nitrogens with zero attached hydrogens (tertiary/aromatic N) is 9. The zero-order valence-corrected chi connectivity index (χ0v) is 40.5. The molecule has 4 aromatic heterocycles. The van der Waals surface area contributed by atoms with Crippen LogP contribution in [-0.2, 0) is 58.1 Å². The van der Waals surface area contributed by atoms with Gasteiger partial charge in [-0.15, -0.1) is 10.2 Å². The molecule has 2 aliphatic rings. The van der Waals surface area contributed by atoms with Gasteiger partial charge in [-0.05, 0) is 115 Å². The van der Waals surface area contributed by atoms with Gasteiger partial charge in [0.2, 0.25) is 0 Å². The molecule has 1 amide bonds. The van der Waals surface area contributed by atoms with Gasteiger partial charge in [0.25, 0.3) is 5.91 Å². The maximum atomic E-state index is 12.8. The topological polar surface area (TPSA) is 236 Å². The quantitative estimate of drug-likeness (QED) is 0.116. The molecule has 0 fully saturated rings. The molecule has 8 aromatic rings. The van der Waals surface area contributed by atoms with Crippen LogP contribution < -0.4 is 5.32 Å². The Labute approximate surface area is 409 Å². The third-order valence-electron chi connectivity index (χ3n) is 13.3. The fourth-order valence-electron chi connectivity index (χ4n) is 9.39. The molecule has 6 heterocycles. The maximum Gasteiger partial charge on any atom is 0.358 e. The van der Waals surface area contributed by atoms with Gasteiger partial charge >= 0.3 is 17.9 Å². The van der Waals surface area contributed by atoms with Crippen LogP contribution in [0, 0.1) is 13.8 Å². The maximum absolute atomic E-state index is 12.8. The Bertz CT molecular complexity index is 3180. The Morgan fingerprint density at radius 1 is 0.676 bits per heavy atom. The number of benzene rings is 4. The summed E-state index contributed by atoms with van der Waals surface area (Å²) in [5, 5.41) is 35.8. The first kappa shape index (κ1) is 49.4. The number of aromatic carboxylic acids is 1. The SMILES string of the molecule is CCn1nnc2c(C)c(C(CC(=O)OC)c3ccc4c(c3)CN(C(=O)c3ccon3)CC4)ccc21.CCn1nnc2c(C)c(C(CC(=O)OC)c3ccc4c(c3)CNCC4)ccc21.O=C(O)c1ccon1. The lowest BCUT2D eigenvalue weighted by molar-refractivity contribution is -0.141. The molecule has 0 bridgehead atoms. The van der Waals surface area contributed by atoms with Crippen LogP contribution in [0.25, 0.3) is 22.1 Å². The summed E-state index contributed by atoms with van der Waals surface area (Å²) in [6, 6.07) is 24.0. The molecular weight excluding hydrogens is 909 g/mol. The number of carboxylic acid groups (broad SMARTS) is 1. The van der Waals surface area contributed by atoms with E-state index in [4.69, 9.17) is 19.1 Å². The standard InChI is InChI=1S/C26H27N5O4.C22H26N4O2.C4H3NO3/c1-4-31-23-8-7-20(16(2)25(23)27-29-31)21(14-24(32)34-3)18-6-5-17-9-11-30(15-19(17)13-18)26(33)22-10-12-35-28-22;1-4-26-20-8-7-18(14(2)22(20)24-25-26)19(12-21(27)28-3)16-6-5-15-9-10-23-13-17(15)11-16;6-4(7)3-1-2-8-5-3/h5-8,10,12-13,21H,4,9,11,14-15H2,1-3H3;5-8,11,19,23H,4,9-10,12-13H2,1-3H3;1-2H,(H,6,7). The Hall–Kier alpha value is -8.06. The minimum Gasteiger partial charge on any atom is -0.476 e. The number of hydrogen-bond acceptors (Lipinski definition) is 15. The Morgan fingerprint density at radius 3 is 1.68 bits per heavy atom. The Balaban J connectivity index is 0.000000167. The number of hydrogen-bond donors (Lipinski definition) is 2. The van der Waals surface area contributed by atoms with Crippen molar-refractivity contribution in [2.75, 3.05) is 27.3 Å². The zero-order valence-electron chi connectivity index (χ0n) is 40.5. The minimum absolute atomic E-state index is 0.0648. The third kappa shape index (κ3) is 10.7. The number of amides is 1. The van der Waals surface area contributed by atoms with Gasteiger partial charge in [-0.1, -0.05) is 69.3 Å². The van der Waals surface area contributed by atoms with Crippen molar-refractivity contribution in [1.82, 2.24) is 50.5 Å². The minimum atomic E-state index is -1.07. The fourth-order valence-corrected chi connectivity index (χ4v) is 9.39. The first-order valence-corrected chi connectivity index (χ1v) is 23.5. The summed E-state index contributed by atoms with van der Waals surface area (Å²) in [6.45, 7) is 12.7. The number of fused-ring (bicyclic) bond motifs is 4. The van der Waals surface area contributed by atoms with E-state index in [1.807, 2.05) is 29.3 Å². The number of carbonyl (C=O) groups is 4. The number of rotatable bonds is 12. The van der Waals surface area contributed by atoms with E-state index in [1.54, 1.807) is 11.0 Å². The summed E-state index contributed by atoms with van der Waals surface area (Å²) in [4.78, 5) is 49.2. The van der Waals surface area contributed by atoms with Crippen molar-refractivity contribution in [3.63, 3.8) is 0 Å². The summed E-state index contributed by atoms with van der Waals surface area (Å²) >= 11 is 0. The molecule has 0 radical (unpaired) electrons.